The third kappa shape index (κ3) is 9.22. The molecule has 0 radical (unpaired) electrons. The van der Waals surface area contributed by atoms with Crippen LogP contribution in [0.15, 0.2) is 84.9 Å². The number of halogens is 1. The summed E-state index contributed by atoms with van der Waals surface area (Å²) in [5.74, 6) is -1.93. The number of anilines is 1. The van der Waals surface area contributed by atoms with E-state index in [-0.39, 0.29) is 80.2 Å². The van der Waals surface area contributed by atoms with Gasteiger partial charge in [0.1, 0.15) is 5.82 Å². The summed E-state index contributed by atoms with van der Waals surface area (Å²) in [6.07, 6.45) is -2.51. The van der Waals surface area contributed by atoms with Crippen molar-refractivity contribution < 1.29 is 34.8 Å². The molecule has 4 aromatic rings. The number of aliphatic carboxylic acids is 1. The molecule has 2 atom stereocenters. The number of aromatic nitrogens is 1. The number of aliphatic hydroxyl groups excluding tert-OH is 2. The second-order valence-corrected chi connectivity index (χ2v) is 10.4. The maximum atomic E-state index is 14.0. The second kappa shape index (κ2) is 16.7. The summed E-state index contributed by atoms with van der Waals surface area (Å²) in [5.41, 5.74) is 4.77. The molecule has 43 heavy (non-hydrogen) atoms. The fourth-order valence-electron chi connectivity index (χ4n) is 5.20. The van der Waals surface area contributed by atoms with Crippen molar-refractivity contribution in [3.05, 3.63) is 102 Å². The molecular weight excluding hydrogens is 579 g/mol. The van der Waals surface area contributed by atoms with Crippen molar-refractivity contribution in [2.24, 2.45) is 0 Å². The first-order valence-corrected chi connectivity index (χ1v) is 13.7. The van der Waals surface area contributed by atoms with Gasteiger partial charge in [0, 0.05) is 23.5 Å². The van der Waals surface area contributed by atoms with E-state index in [0.717, 1.165) is 11.3 Å². The summed E-state index contributed by atoms with van der Waals surface area (Å²) in [4.78, 5) is 25.0. The average Bonchev–Trinajstić information content (AvgIpc) is 3.28. The van der Waals surface area contributed by atoms with Crippen LogP contribution in [0.25, 0.3) is 22.4 Å². The molecule has 3 aromatic carbocycles. The Balaban J connectivity index is 0.00000323. The van der Waals surface area contributed by atoms with Crippen molar-refractivity contribution in [2.75, 3.05) is 5.32 Å². The number of rotatable bonds is 12. The molecule has 226 valence electrons. The number of carbonyl (C=O) groups excluding carboxylic acids is 1. The van der Waals surface area contributed by atoms with Gasteiger partial charge in [-0.15, -0.1) is 0 Å². The van der Waals surface area contributed by atoms with Crippen molar-refractivity contribution in [1.29, 1.82) is 0 Å². The zero-order valence-corrected chi connectivity index (χ0v) is 23.6. The minimum absolute atomic E-state index is 0. The Kier molecular flexibility index (Phi) is 14.0. The fourth-order valence-corrected chi connectivity index (χ4v) is 5.20. The number of para-hydroxylation sites is 1. The van der Waals surface area contributed by atoms with E-state index in [0.29, 0.717) is 28.1 Å². The molecule has 0 spiro atoms. The van der Waals surface area contributed by atoms with Gasteiger partial charge in [0.2, 0.25) is 0 Å². The molecule has 6 N–H and O–H groups in total. The zero-order chi connectivity index (χ0) is 29.5. The number of carboxylic acid groups (broad SMARTS) is 1. The molecular formula is C33H39CaFN2O6. The molecule has 0 bridgehead atoms. The molecule has 1 heterocycles. The Morgan fingerprint density at radius 2 is 1.44 bits per heavy atom. The van der Waals surface area contributed by atoms with E-state index in [2.05, 4.69) is 5.32 Å². The number of carboxylic acids is 1. The van der Waals surface area contributed by atoms with Gasteiger partial charge in [-0.2, -0.15) is 0 Å². The minimum atomic E-state index is -1.18. The third-order valence-corrected chi connectivity index (χ3v) is 6.93. The van der Waals surface area contributed by atoms with Gasteiger partial charge in [0.25, 0.3) is 5.91 Å². The molecule has 10 heteroatoms. The van der Waals surface area contributed by atoms with E-state index in [1.165, 1.54) is 12.1 Å². The predicted octanol–water partition coefficient (Wildman–Crippen LogP) is 4.57. The van der Waals surface area contributed by atoms with Crippen LogP contribution >= 0.6 is 0 Å². The summed E-state index contributed by atoms with van der Waals surface area (Å²) >= 11 is 0. The van der Waals surface area contributed by atoms with E-state index >= 15 is 0 Å². The molecule has 0 fully saturated rings. The monoisotopic (exact) mass is 618 g/mol. The van der Waals surface area contributed by atoms with Gasteiger partial charge in [-0.1, -0.05) is 62.4 Å². The van der Waals surface area contributed by atoms with Gasteiger partial charge in [0.15, 0.2) is 0 Å². The second-order valence-electron chi connectivity index (χ2n) is 10.4. The van der Waals surface area contributed by atoms with E-state index in [1.807, 2.05) is 79.1 Å². The molecule has 1 amide bonds. The summed E-state index contributed by atoms with van der Waals surface area (Å²) in [7, 11) is 0. The van der Waals surface area contributed by atoms with E-state index in [1.54, 1.807) is 12.1 Å². The standard InChI is InChI=1S/C33H35FN2O5.Ca.H2O.2H/c1-21(2)31-30(33(41)35-25-11-7-4-8-12-25)29(22-9-5-3-6-10-22)32(23-13-15-24(34)16-14-23)36(31)18-17-26(37)19-27(38)20-28(39)40;;;;/h3-16,21,26-27,37-38H,17-20H2,1-2H3,(H,35,41)(H,39,40);;1H2;;/t26-,27-;;;;/m1..../s1. The van der Waals surface area contributed by atoms with Crippen LogP contribution in [-0.2, 0) is 11.3 Å². The first-order chi connectivity index (χ1) is 19.7. The number of hydrogen-bond acceptors (Lipinski definition) is 4. The van der Waals surface area contributed by atoms with Crippen LogP contribution < -0.4 is 5.32 Å². The Morgan fingerprint density at radius 1 is 0.860 bits per heavy atom. The van der Waals surface area contributed by atoms with Crippen LogP contribution in [0.5, 0.6) is 0 Å². The van der Waals surface area contributed by atoms with Crippen LogP contribution in [-0.4, -0.2) is 87.2 Å². The van der Waals surface area contributed by atoms with E-state index in [9.17, 15) is 24.2 Å². The number of nitrogens with one attached hydrogen (secondary N) is 1. The zero-order valence-electron chi connectivity index (χ0n) is 23.6. The normalized spacial score (nSPS) is 12.1. The van der Waals surface area contributed by atoms with Crippen LogP contribution in [0.1, 0.15) is 55.1 Å². The van der Waals surface area contributed by atoms with Gasteiger partial charge < -0.3 is 30.7 Å². The van der Waals surface area contributed by atoms with Crippen molar-refractivity contribution in [3.8, 4) is 22.4 Å². The van der Waals surface area contributed by atoms with Gasteiger partial charge in [0.05, 0.1) is 29.9 Å². The first-order valence-electron chi connectivity index (χ1n) is 13.7. The van der Waals surface area contributed by atoms with Crippen molar-refractivity contribution >= 4 is 55.3 Å². The molecule has 4 rings (SSSR count). The molecule has 0 saturated carbocycles. The molecule has 8 nitrogen and oxygen atoms in total. The number of hydrogen-bond donors (Lipinski definition) is 4. The summed E-state index contributed by atoms with van der Waals surface area (Å²) in [5, 5.41) is 32.8. The Hall–Kier alpha value is -3.05. The van der Waals surface area contributed by atoms with Crippen LogP contribution in [0.3, 0.4) is 0 Å². The Morgan fingerprint density at radius 3 is 2.00 bits per heavy atom. The Labute approximate surface area is 280 Å². The molecule has 1 aromatic heterocycles. The Bertz CT molecular complexity index is 1480. The van der Waals surface area contributed by atoms with Gasteiger partial charge >= 0.3 is 43.7 Å². The quantitative estimate of drug-likeness (QED) is 0.172. The maximum absolute atomic E-state index is 14.0. The summed E-state index contributed by atoms with van der Waals surface area (Å²) in [6, 6.07) is 24.8. The molecule has 0 unspecified atom stereocenters. The predicted molar refractivity (Wildman–Crippen MR) is 169 cm³/mol. The van der Waals surface area contributed by atoms with Crippen molar-refractivity contribution in [3.63, 3.8) is 0 Å². The SMILES string of the molecule is CC(C)c1c(C(=O)Nc2ccccc2)c(-c2ccccc2)c(-c2ccc(F)cc2)n1CC[C@@H](O)C[C@@H](O)CC(=O)O.O.[CaH2]. The third-order valence-electron chi connectivity index (χ3n) is 6.93. The van der Waals surface area contributed by atoms with Gasteiger partial charge in [-0.25, -0.2) is 4.39 Å². The fraction of sp³-hybridized carbons (Fsp3) is 0.273. The van der Waals surface area contributed by atoms with Gasteiger partial charge in [-0.3, -0.25) is 9.59 Å². The van der Waals surface area contributed by atoms with Crippen molar-refractivity contribution in [2.45, 2.75) is 57.8 Å². The van der Waals surface area contributed by atoms with Gasteiger partial charge in [-0.05, 0) is 66.3 Å². The molecule has 0 saturated heterocycles. The summed E-state index contributed by atoms with van der Waals surface area (Å²) < 4.78 is 16.0. The van der Waals surface area contributed by atoms with Crippen LogP contribution in [0, 0.1) is 5.82 Å². The topological polar surface area (TPSA) is 143 Å². The number of carbonyl (C=O) groups is 2. The average molecular weight is 619 g/mol. The molecule has 0 aliphatic carbocycles. The first kappa shape index (κ1) is 36.1. The number of nitrogens with zero attached hydrogens (tertiary/aromatic N) is 1. The molecule has 0 aliphatic heterocycles. The van der Waals surface area contributed by atoms with E-state index < -0.39 is 24.6 Å². The van der Waals surface area contributed by atoms with E-state index in [4.69, 9.17) is 5.11 Å². The number of aliphatic hydroxyl groups is 2. The molecule has 0 aliphatic rings. The number of amides is 1. The number of benzene rings is 3. The van der Waals surface area contributed by atoms with Crippen LogP contribution in [0.2, 0.25) is 0 Å². The van der Waals surface area contributed by atoms with Crippen molar-refractivity contribution in [1.82, 2.24) is 4.57 Å². The summed E-state index contributed by atoms with van der Waals surface area (Å²) in [6.45, 7) is 4.25. The van der Waals surface area contributed by atoms with Crippen LogP contribution in [0.4, 0.5) is 10.1 Å².